The molecular formula is C12H17N3O5S. The number of nitrogens with zero attached hydrogens (tertiary/aromatic N) is 1. The highest BCUT2D eigenvalue weighted by Crippen LogP contribution is 2.15. The lowest BCUT2D eigenvalue weighted by Gasteiger charge is -2.19. The van der Waals surface area contributed by atoms with Crippen LogP contribution in [0.5, 0.6) is 0 Å². The molecule has 0 saturated carbocycles. The van der Waals surface area contributed by atoms with Crippen LogP contribution in [0, 0.1) is 0 Å². The van der Waals surface area contributed by atoms with Gasteiger partial charge in [-0.3, -0.25) is 9.59 Å². The molecule has 0 unspecified atom stereocenters. The Morgan fingerprint density at radius 2 is 2.05 bits per heavy atom. The zero-order chi connectivity index (χ0) is 16.0. The fourth-order valence-corrected chi connectivity index (χ4v) is 1.96. The molecule has 0 saturated heterocycles. The van der Waals surface area contributed by atoms with E-state index < -0.39 is 23.6 Å². The second kappa shape index (κ2) is 7.02. The van der Waals surface area contributed by atoms with E-state index in [1.54, 1.807) is 26.2 Å². The Hall–Kier alpha value is -2.16. The molecule has 1 heterocycles. The zero-order valence-electron chi connectivity index (χ0n) is 11.9. The van der Waals surface area contributed by atoms with Crippen molar-refractivity contribution in [1.82, 2.24) is 10.3 Å². The highest BCUT2D eigenvalue weighted by atomic mass is 32.1. The third-order valence-corrected chi connectivity index (χ3v) is 2.73. The summed E-state index contributed by atoms with van der Waals surface area (Å²) in [5, 5.41) is 15.2. The van der Waals surface area contributed by atoms with Crippen molar-refractivity contribution in [3.8, 4) is 0 Å². The third-order valence-electron chi connectivity index (χ3n) is 1.92. The summed E-state index contributed by atoms with van der Waals surface area (Å²) in [6, 6.07) is 0. The number of aliphatic carboxylic acids is 1. The number of hydrogen-bond acceptors (Lipinski definition) is 6. The van der Waals surface area contributed by atoms with Gasteiger partial charge in [0.05, 0.1) is 12.1 Å². The minimum atomic E-state index is -0.996. The van der Waals surface area contributed by atoms with E-state index in [4.69, 9.17) is 9.84 Å². The van der Waals surface area contributed by atoms with Gasteiger partial charge in [0.1, 0.15) is 12.1 Å². The highest BCUT2D eigenvalue weighted by molar-refractivity contribution is 7.13. The Morgan fingerprint density at radius 1 is 1.38 bits per heavy atom. The fourth-order valence-electron chi connectivity index (χ4n) is 1.23. The molecule has 116 valence electrons. The van der Waals surface area contributed by atoms with Crippen molar-refractivity contribution >= 4 is 34.4 Å². The van der Waals surface area contributed by atoms with Crippen LogP contribution >= 0.6 is 11.3 Å². The number of amides is 2. The van der Waals surface area contributed by atoms with E-state index in [0.29, 0.717) is 5.69 Å². The minimum absolute atomic E-state index is 0.206. The summed E-state index contributed by atoms with van der Waals surface area (Å²) in [6.07, 6.45) is -0.897. The number of nitrogens with one attached hydrogen (secondary N) is 2. The van der Waals surface area contributed by atoms with E-state index in [2.05, 4.69) is 15.6 Å². The lowest BCUT2D eigenvalue weighted by Crippen LogP contribution is -2.37. The maximum Gasteiger partial charge on any atom is 0.408 e. The van der Waals surface area contributed by atoms with Crippen molar-refractivity contribution in [3.63, 3.8) is 0 Å². The van der Waals surface area contributed by atoms with Crippen molar-refractivity contribution in [2.45, 2.75) is 32.8 Å². The number of ether oxygens (including phenoxy) is 1. The molecule has 0 radical (unpaired) electrons. The Morgan fingerprint density at radius 3 is 2.62 bits per heavy atom. The van der Waals surface area contributed by atoms with Crippen molar-refractivity contribution in [2.75, 3.05) is 11.9 Å². The van der Waals surface area contributed by atoms with E-state index in [1.165, 1.54) is 0 Å². The van der Waals surface area contributed by atoms with Crippen LogP contribution in [-0.4, -0.2) is 40.2 Å². The van der Waals surface area contributed by atoms with Crippen molar-refractivity contribution in [1.29, 1.82) is 0 Å². The molecule has 0 aromatic carbocycles. The average molecular weight is 315 g/mol. The van der Waals surface area contributed by atoms with Crippen molar-refractivity contribution in [3.05, 3.63) is 11.1 Å². The SMILES string of the molecule is CC(C)(C)OC(=O)NCC(=O)Nc1nc(CC(=O)O)cs1. The van der Waals surface area contributed by atoms with Crippen LogP contribution in [0.15, 0.2) is 5.38 Å². The molecular weight excluding hydrogens is 298 g/mol. The second-order valence-corrected chi connectivity index (χ2v) is 5.98. The Labute approximate surface area is 125 Å². The van der Waals surface area contributed by atoms with E-state index in [9.17, 15) is 14.4 Å². The monoisotopic (exact) mass is 315 g/mol. The first-order chi connectivity index (χ1) is 9.65. The molecule has 0 fully saturated rings. The number of carboxylic acid groups (broad SMARTS) is 1. The summed E-state index contributed by atoms with van der Waals surface area (Å²) in [5.74, 6) is -1.47. The zero-order valence-corrected chi connectivity index (χ0v) is 12.7. The topological polar surface area (TPSA) is 118 Å². The van der Waals surface area contributed by atoms with Gasteiger partial charge in [-0.25, -0.2) is 9.78 Å². The number of thiazole rings is 1. The number of rotatable bonds is 5. The summed E-state index contributed by atoms with van der Waals surface area (Å²) in [4.78, 5) is 37.4. The van der Waals surface area contributed by atoms with Gasteiger partial charge in [0.2, 0.25) is 5.91 Å². The molecule has 0 aliphatic heterocycles. The molecule has 1 rings (SSSR count). The van der Waals surface area contributed by atoms with Crippen molar-refractivity contribution < 1.29 is 24.2 Å². The molecule has 0 aliphatic carbocycles. The van der Waals surface area contributed by atoms with Gasteiger partial charge >= 0.3 is 12.1 Å². The number of hydrogen-bond donors (Lipinski definition) is 3. The lowest BCUT2D eigenvalue weighted by molar-refractivity contribution is -0.136. The third kappa shape index (κ3) is 7.25. The van der Waals surface area contributed by atoms with Gasteiger partial charge in [-0.15, -0.1) is 11.3 Å². The summed E-state index contributed by atoms with van der Waals surface area (Å²) < 4.78 is 4.98. The van der Waals surface area contributed by atoms with E-state index in [1.807, 2.05) is 0 Å². The molecule has 9 heteroatoms. The second-order valence-electron chi connectivity index (χ2n) is 5.12. The van der Waals surface area contributed by atoms with Crippen molar-refractivity contribution in [2.24, 2.45) is 0 Å². The first-order valence-electron chi connectivity index (χ1n) is 6.08. The number of carbonyl (C=O) groups excluding carboxylic acids is 2. The predicted octanol–water partition coefficient (Wildman–Crippen LogP) is 1.23. The predicted molar refractivity (Wildman–Crippen MR) is 76.3 cm³/mol. The minimum Gasteiger partial charge on any atom is -0.481 e. The summed E-state index contributed by atoms with van der Waals surface area (Å²) in [6.45, 7) is 4.88. The van der Waals surface area contributed by atoms with Crippen LogP contribution in [-0.2, 0) is 20.7 Å². The largest absolute Gasteiger partial charge is 0.481 e. The van der Waals surface area contributed by atoms with Crippen LogP contribution in [0.1, 0.15) is 26.5 Å². The van der Waals surface area contributed by atoms with E-state index >= 15 is 0 Å². The molecule has 21 heavy (non-hydrogen) atoms. The number of carboxylic acids is 1. The van der Waals surface area contributed by atoms with E-state index in [-0.39, 0.29) is 18.1 Å². The molecule has 3 N–H and O–H groups in total. The average Bonchev–Trinajstić information content (AvgIpc) is 2.70. The number of aromatic nitrogens is 1. The van der Waals surface area contributed by atoms with Gasteiger partial charge in [0, 0.05) is 5.38 Å². The molecule has 0 aliphatic rings. The number of alkyl carbamates (subject to hydrolysis) is 1. The quantitative estimate of drug-likeness (QED) is 0.752. The Bertz CT molecular complexity index is 535. The smallest absolute Gasteiger partial charge is 0.408 e. The summed E-state index contributed by atoms with van der Waals surface area (Å²) in [7, 11) is 0. The van der Waals surface area contributed by atoms with Gasteiger partial charge < -0.3 is 20.5 Å². The highest BCUT2D eigenvalue weighted by Gasteiger charge is 2.17. The number of anilines is 1. The molecule has 0 atom stereocenters. The first-order valence-corrected chi connectivity index (χ1v) is 6.96. The van der Waals surface area contributed by atoms with Crippen LogP contribution in [0.4, 0.5) is 9.93 Å². The molecule has 1 aromatic heterocycles. The lowest BCUT2D eigenvalue weighted by atomic mass is 10.2. The van der Waals surface area contributed by atoms with Gasteiger partial charge in [0.25, 0.3) is 0 Å². The molecule has 1 aromatic rings. The van der Waals surface area contributed by atoms with E-state index in [0.717, 1.165) is 11.3 Å². The molecule has 2 amide bonds. The standard InChI is InChI=1S/C12H17N3O5S/c1-12(2,3)20-11(19)13-5-8(16)15-10-14-7(6-21-10)4-9(17)18/h6H,4-5H2,1-3H3,(H,13,19)(H,17,18)(H,14,15,16). The van der Waals surface area contributed by atoms with Crippen LogP contribution in [0.2, 0.25) is 0 Å². The fraction of sp³-hybridized carbons (Fsp3) is 0.500. The van der Waals surface area contributed by atoms with Crippen LogP contribution in [0.3, 0.4) is 0 Å². The molecule has 0 bridgehead atoms. The van der Waals surface area contributed by atoms with Gasteiger partial charge in [-0.2, -0.15) is 0 Å². The van der Waals surface area contributed by atoms with Gasteiger partial charge in [-0.1, -0.05) is 0 Å². The van der Waals surface area contributed by atoms with Gasteiger partial charge in [-0.05, 0) is 20.8 Å². The van der Waals surface area contributed by atoms with Gasteiger partial charge in [0.15, 0.2) is 5.13 Å². The first kappa shape index (κ1) is 16.9. The number of carbonyl (C=O) groups is 3. The summed E-state index contributed by atoms with van der Waals surface area (Å²) in [5.41, 5.74) is -0.274. The van der Waals surface area contributed by atoms with Crippen LogP contribution in [0.25, 0.3) is 0 Å². The van der Waals surface area contributed by atoms with Crippen LogP contribution < -0.4 is 10.6 Å². The Balaban J connectivity index is 2.38. The maximum atomic E-state index is 11.6. The molecule has 8 nitrogen and oxygen atoms in total. The Kier molecular flexibility index (Phi) is 5.65. The normalized spacial score (nSPS) is 10.8. The molecule has 0 spiro atoms. The summed E-state index contributed by atoms with van der Waals surface area (Å²) >= 11 is 1.11. The maximum absolute atomic E-state index is 11.6.